The van der Waals surface area contributed by atoms with Crippen LogP contribution in [0.1, 0.15) is 36.3 Å². The number of thiophene rings is 1. The Morgan fingerprint density at radius 2 is 2.25 bits per heavy atom. The maximum absolute atomic E-state index is 9.94. The highest BCUT2D eigenvalue weighted by Gasteiger charge is 2.44. The molecule has 12 heavy (non-hydrogen) atoms. The largest absolute Gasteiger partial charge is 0.388 e. The first-order chi connectivity index (χ1) is 5.62. The van der Waals surface area contributed by atoms with Crippen molar-refractivity contribution < 1.29 is 5.11 Å². The minimum absolute atomic E-state index is 0.188. The van der Waals surface area contributed by atoms with E-state index in [1.54, 1.807) is 11.3 Å². The molecule has 1 nitrogen and oxygen atoms in total. The average Bonchev–Trinajstić information content (AvgIpc) is 2.62. The Kier molecular flexibility index (Phi) is 1.77. The summed E-state index contributed by atoms with van der Waals surface area (Å²) in [7, 11) is 0. The number of aliphatic hydroxyl groups is 1. The van der Waals surface area contributed by atoms with Crippen LogP contribution in [0.3, 0.4) is 0 Å². The van der Waals surface area contributed by atoms with Crippen LogP contribution < -0.4 is 0 Å². The molecule has 66 valence electrons. The summed E-state index contributed by atoms with van der Waals surface area (Å²) >= 11 is 1.72. The van der Waals surface area contributed by atoms with E-state index in [9.17, 15) is 5.11 Å². The molecule has 0 saturated heterocycles. The van der Waals surface area contributed by atoms with Crippen LogP contribution >= 0.6 is 11.3 Å². The van der Waals surface area contributed by atoms with Gasteiger partial charge in [0.15, 0.2) is 0 Å². The number of aryl methyl sites for hydroxylation is 1. The zero-order chi connectivity index (χ0) is 8.77. The Labute approximate surface area is 77.0 Å². The number of hydrogen-bond donors (Lipinski definition) is 1. The topological polar surface area (TPSA) is 20.2 Å². The lowest BCUT2D eigenvalue weighted by Crippen LogP contribution is -2.08. The van der Waals surface area contributed by atoms with Crippen molar-refractivity contribution in [1.29, 1.82) is 0 Å². The molecule has 0 aromatic carbocycles. The maximum Gasteiger partial charge on any atom is 0.0851 e. The van der Waals surface area contributed by atoms with Crippen molar-refractivity contribution in [1.82, 2.24) is 0 Å². The van der Waals surface area contributed by atoms with Gasteiger partial charge in [-0.1, -0.05) is 6.92 Å². The summed E-state index contributed by atoms with van der Waals surface area (Å²) in [6, 6.07) is 2.10. The molecule has 0 radical (unpaired) electrons. The second-order valence-electron chi connectivity index (χ2n) is 4.05. The lowest BCUT2D eigenvalue weighted by atomic mass is 9.97. The number of rotatable bonds is 2. The van der Waals surface area contributed by atoms with Gasteiger partial charge in [-0.05, 0) is 42.2 Å². The van der Waals surface area contributed by atoms with Crippen molar-refractivity contribution in [2.45, 2.75) is 32.8 Å². The van der Waals surface area contributed by atoms with Crippen LogP contribution in [0.25, 0.3) is 0 Å². The lowest BCUT2D eigenvalue weighted by molar-refractivity contribution is 0.104. The molecule has 1 aliphatic carbocycles. The van der Waals surface area contributed by atoms with E-state index in [-0.39, 0.29) is 11.5 Å². The van der Waals surface area contributed by atoms with Gasteiger partial charge in [0, 0.05) is 4.88 Å². The van der Waals surface area contributed by atoms with E-state index in [2.05, 4.69) is 25.3 Å². The molecule has 0 amide bonds. The van der Waals surface area contributed by atoms with E-state index in [0.29, 0.717) is 0 Å². The van der Waals surface area contributed by atoms with Crippen LogP contribution in [0.2, 0.25) is 0 Å². The zero-order valence-corrected chi connectivity index (χ0v) is 8.32. The van der Waals surface area contributed by atoms with Gasteiger partial charge in [0.25, 0.3) is 0 Å². The van der Waals surface area contributed by atoms with Crippen molar-refractivity contribution in [3.8, 4) is 0 Å². The van der Waals surface area contributed by atoms with E-state index in [1.807, 2.05) is 0 Å². The summed E-state index contributed by atoms with van der Waals surface area (Å²) in [5, 5.41) is 12.0. The first-order valence-electron chi connectivity index (χ1n) is 4.35. The third kappa shape index (κ3) is 1.29. The van der Waals surface area contributed by atoms with E-state index in [1.165, 1.54) is 17.7 Å². The molecule has 1 aliphatic rings. The highest BCUT2D eigenvalue weighted by Crippen LogP contribution is 2.54. The fourth-order valence-corrected chi connectivity index (χ4v) is 2.20. The predicted molar refractivity (Wildman–Crippen MR) is 51.4 cm³/mol. The summed E-state index contributed by atoms with van der Waals surface area (Å²) in [6.07, 6.45) is 2.11. The van der Waals surface area contributed by atoms with Gasteiger partial charge in [0.2, 0.25) is 0 Å². The molecule has 1 atom stereocenters. The van der Waals surface area contributed by atoms with Crippen LogP contribution in [-0.2, 0) is 0 Å². The third-order valence-corrected chi connectivity index (χ3v) is 3.65. The predicted octanol–water partition coefficient (Wildman–Crippen LogP) is 2.89. The van der Waals surface area contributed by atoms with Crippen LogP contribution in [0, 0.1) is 12.3 Å². The molecule has 0 aliphatic heterocycles. The summed E-state index contributed by atoms with van der Waals surface area (Å²) in [4.78, 5) is 1.29. The molecule has 2 heteroatoms. The van der Waals surface area contributed by atoms with Crippen LogP contribution in [0.5, 0.6) is 0 Å². The maximum atomic E-state index is 9.94. The summed E-state index contributed by atoms with van der Waals surface area (Å²) in [5.74, 6) is 0. The first-order valence-corrected chi connectivity index (χ1v) is 5.23. The Hall–Kier alpha value is -0.340. The molecule has 2 rings (SSSR count). The molecule has 1 aromatic rings. The third-order valence-electron chi connectivity index (χ3n) is 2.77. The standard InChI is InChI=1S/C10H14OS/c1-7-5-8(6-12-7)9(11)10(2)3-4-10/h5-6,9,11H,3-4H2,1-2H3. The lowest BCUT2D eigenvalue weighted by Gasteiger charge is -2.15. The van der Waals surface area contributed by atoms with Crippen molar-refractivity contribution in [2.75, 3.05) is 0 Å². The van der Waals surface area contributed by atoms with Crippen LogP contribution in [0.15, 0.2) is 11.4 Å². The summed E-state index contributed by atoms with van der Waals surface area (Å²) in [5.41, 5.74) is 1.30. The number of hydrogen-bond acceptors (Lipinski definition) is 2. The molecule has 1 fully saturated rings. The quantitative estimate of drug-likeness (QED) is 0.745. The van der Waals surface area contributed by atoms with E-state index >= 15 is 0 Å². The monoisotopic (exact) mass is 182 g/mol. The van der Waals surface area contributed by atoms with Gasteiger partial charge in [-0.2, -0.15) is 0 Å². The van der Waals surface area contributed by atoms with Crippen molar-refractivity contribution in [3.05, 3.63) is 21.9 Å². The minimum atomic E-state index is -0.234. The molecule has 1 unspecified atom stereocenters. The first kappa shape index (κ1) is 8.27. The molecule has 1 heterocycles. The second kappa shape index (κ2) is 2.57. The van der Waals surface area contributed by atoms with E-state index < -0.39 is 0 Å². The highest BCUT2D eigenvalue weighted by atomic mass is 32.1. The molecule has 1 saturated carbocycles. The fraction of sp³-hybridized carbons (Fsp3) is 0.600. The van der Waals surface area contributed by atoms with E-state index in [4.69, 9.17) is 0 Å². The van der Waals surface area contributed by atoms with Crippen LogP contribution in [-0.4, -0.2) is 5.11 Å². The van der Waals surface area contributed by atoms with Gasteiger partial charge in [-0.3, -0.25) is 0 Å². The van der Waals surface area contributed by atoms with Gasteiger partial charge in [-0.25, -0.2) is 0 Å². The molecule has 1 aromatic heterocycles. The smallest absolute Gasteiger partial charge is 0.0851 e. The van der Waals surface area contributed by atoms with Crippen molar-refractivity contribution in [2.24, 2.45) is 5.41 Å². The second-order valence-corrected chi connectivity index (χ2v) is 5.16. The molecular weight excluding hydrogens is 168 g/mol. The summed E-state index contributed by atoms with van der Waals surface area (Å²) in [6.45, 7) is 4.24. The molecular formula is C10H14OS. The van der Waals surface area contributed by atoms with Crippen LogP contribution in [0.4, 0.5) is 0 Å². The van der Waals surface area contributed by atoms with Crippen molar-refractivity contribution >= 4 is 11.3 Å². The van der Waals surface area contributed by atoms with E-state index in [0.717, 1.165) is 5.56 Å². The Morgan fingerprint density at radius 3 is 2.67 bits per heavy atom. The van der Waals surface area contributed by atoms with Gasteiger partial charge >= 0.3 is 0 Å². The Morgan fingerprint density at radius 1 is 1.58 bits per heavy atom. The molecule has 0 bridgehead atoms. The average molecular weight is 182 g/mol. The van der Waals surface area contributed by atoms with Gasteiger partial charge < -0.3 is 5.11 Å². The SMILES string of the molecule is Cc1cc(C(O)C2(C)CC2)cs1. The number of aliphatic hydroxyl groups excluding tert-OH is 1. The minimum Gasteiger partial charge on any atom is -0.388 e. The summed E-state index contributed by atoms with van der Waals surface area (Å²) < 4.78 is 0. The Bertz CT molecular complexity index is 286. The molecule has 0 spiro atoms. The normalized spacial score (nSPS) is 22.2. The fourth-order valence-electron chi connectivity index (χ4n) is 1.48. The Balaban J connectivity index is 2.19. The molecule has 1 N–H and O–H groups in total. The van der Waals surface area contributed by atoms with Gasteiger partial charge in [-0.15, -0.1) is 11.3 Å². The highest BCUT2D eigenvalue weighted by molar-refractivity contribution is 7.10. The zero-order valence-electron chi connectivity index (χ0n) is 7.50. The van der Waals surface area contributed by atoms with Crippen molar-refractivity contribution in [3.63, 3.8) is 0 Å². The van der Waals surface area contributed by atoms with Gasteiger partial charge in [0.05, 0.1) is 6.10 Å². The van der Waals surface area contributed by atoms with Gasteiger partial charge in [0.1, 0.15) is 0 Å².